The molecule has 0 unspecified atom stereocenters. The average Bonchev–Trinajstić information content (AvgIpc) is 2.30. The van der Waals surface area contributed by atoms with Crippen molar-refractivity contribution in [3.8, 4) is 0 Å². The second-order valence-corrected chi connectivity index (χ2v) is 4.32. The van der Waals surface area contributed by atoms with Gasteiger partial charge >= 0.3 is 0 Å². The van der Waals surface area contributed by atoms with Gasteiger partial charge in [-0.05, 0) is 6.07 Å². The number of hydrogen-bond donors (Lipinski definition) is 3. The highest BCUT2D eigenvalue weighted by Crippen LogP contribution is 2.31. The summed E-state index contributed by atoms with van der Waals surface area (Å²) < 4.78 is 0. The van der Waals surface area contributed by atoms with E-state index >= 15 is 0 Å². The Labute approximate surface area is 104 Å². The molecule has 7 heteroatoms. The molecule has 1 aromatic heterocycles. The zero-order valence-electron chi connectivity index (χ0n) is 8.63. The van der Waals surface area contributed by atoms with Gasteiger partial charge in [0.15, 0.2) is 5.82 Å². The molecule has 0 spiro atoms. The van der Waals surface area contributed by atoms with Gasteiger partial charge in [-0.2, -0.15) is 0 Å². The highest BCUT2D eigenvalue weighted by molar-refractivity contribution is 6.37. The van der Waals surface area contributed by atoms with Gasteiger partial charge in [0.2, 0.25) is 0 Å². The van der Waals surface area contributed by atoms with Crippen molar-refractivity contribution in [2.24, 2.45) is 5.84 Å². The molecule has 2 heterocycles. The third-order valence-electron chi connectivity index (χ3n) is 2.46. The van der Waals surface area contributed by atoms with E-state index in [-0.39, 0.29) is 0 Å². The van der Waals surface area contributed by atoms with Gasteiger partial charge in [-0.15, -0.1) is 0 Å². The van der Waals surface area contributed by atoms with Gasteiger partial charge < -0.3 is 15.6 Å². The molecule has 1 aromatic rings. The summed E-state index contributed by atoms with van der Waals surface area (Å²) in [5.74, 6) is 6.50. The van der Waals surface area contributed by atoms with E-state index in [0.717, 1.165) is 32.0 Å². The lowest BCUT2D eigenvalue weighted by Gasteiger charge is -2.29. The van der Waals surface area contributed by atoms with Crippen LogP contribution < -0.4 is 21.5 Å². The maximum atomic E-state index is 6.11. The van der Waals surface area contributed by atoms with Crippen LogP contribution in [0.25, 0.3) is 0 Å². The number of nitrogen functional groups attached to an aromatic ring is 1. The van der Waals surface area contributed by atoms with Crippen molar-refractivity contribution in [1.29, 1.82) is 0 Å². The number of pyridine rings is 1. The fraction of sp³-hybridized carbons (Fsp3) is 0.444. The number of nitrogens with one attached hydrogen (secondary N) is 2. The maximum Gasteiger partial charge on any atom is 0.161 e. The summed E-state index contributed by atoms with van der Waals surface area (Å²) in [6.45, 7) is 3.59. The summed E-state index contributed by atoms with van der Waals surface area (Å²) in [5.41, 5.74) is 2.46. The summed E-state index contributed by atoms with van der Waals surface area (Å²) in [6.07, 6.45) is 0. The minimum atomic E-state index is 0.423. The third kappa shape index (κ3) is 2.32. The molecule has 0 amide bonds. The van der Waals surface area contributed by atoms with Gasteiger partial charge in [-0.1, -0.05) is 23.2 Å². The first-order valence-electron chi connectivity index (χ1n) is 5.00. The maximum absolute atomic E-state index is 6.11. The molecule has 0 radical (unpaired) electrons. The zero-order chi connectivity index (χ0) is 11.5. The molecule has 0 atom stereocenters. The molecular weight excluding hydrogens is 249 g/mol. The number of nitrogens with zero attached hydrogens (tertiary/aromatic N) is 2. The monoisotopic (exact) mass is 261 g/mol. The van der Waals surface area contributed by atoms with Crippen molar-refractivity contribution in [1.82, 2.24) is 10.3 Å². The highest BCUT2D eigenvalue weighted by Gasteiger charge is 2.17. The van der Waals surface area contributed by atoms with E-state index in [0.29, 0.717) is 15.9 Å². The fourth-order valence-corrected chi connectivity index (χ4v) is 2.19. The van der Waals surface area contributed by atoms with Gasteiger partial charge in [0.05, 0.1) is 10.0 Å². The van der Waals surface area contributed by atoms with Crippen LogP contribution in [0.15, 0.2) is 6.07 Å². The lowest BCUT2D eigenvalue weighted by Crippen LogP contribution is -2.44. The van der Waals surface area contributed by atoms with Crippen LogP contribution in [0.1, 0.15) is 0 Å². The SMILES string of the molecule is NNc1nc(N2CCNCC2)c(Cl)cc1Cl. The number of hydrogen-bond acceptors (Lipinski definition) is 5. The summed E-state index contributed by atoms with van der Waals surface area (Å²) in [5, 5.41) is 4.23. The lowest BCUT2D eigenvalue weighted by atomic mass is 10.3. The molecule has 88 valence electrons. The van der Waals surface area contributed by atoms with Crippen LogP contribution in [-0.2, 0) is 0 Å². The van der Waals surface area contributed by atoms with E-state index in [2.05, 4.69) is 20.6 Å². The molecule has 1 saturated heterocycles. The van der Waals surface area contributed by atoms with Gasteiger partial charge in [0.1, 0.15) is 5.82 Å². The largest absolute Gasteiger partial charge is 0.353 e. The van der Waals surface area contributed by atoms with Crippen LogP contribution in [0, 0.1) is 0 Å². The van der Waals surface area contributed by atoms with E-state index in [1.165, 1.54) is 0 Å². The predicted octanol–water partition coefficient (Wildman–Crippen LogP) is 1.08. The number of aromatic nitrogens is 1. The summed E-state index contributed by atoms with van der Waals surface area (Å²) in [7, 11) is 0. The molecular formula is C9H13Cl2N5. The van der Waals surface area contributed by atoms with Crippen molar-refractivity contribution < 1.29 is 0 Å². The summed E-state index contributed by atoms with van der Waals surface area (Å²) >= 11 is 12.0. The van der Waals surface area contributed by atoms with E-state index < -0.39 is 0 Å². The van der Waals surface area contributed by atoms with Crippen LogP contribution in [0.5, 0.6) is 0 Å². The van der Waals surface area contributed by atoms with Crippen molar-refractivity contribution in [3.63, 3.8) is 0 Å². The first-order chi connectivity index (χ1) is 7.72. The van der Waals surface area contributed by atoms with Crippen molar-refractivity contribution in [3.05, 3.63) is 16.1 Å². The Morgan fingerprint density at radius 1 is 1.31 bits per heavy atom. The molecule has 0 aromatic carbocycles. The minimum Gasteiger partial charge on any atom is -0.353 e. The third-order valence-corrected chi connectivity index (χ3v) is 3.03. The molecule has 0 aliphatic carbocycles. The highest BCUT2D eigenvalue weighted by atomic mass is 35.5. The number of hydrazine groups is 1. The van der Waals surface area contributed by atoms with Gasteiger partial charge in [0, 0.05) is 26.2 Å². The van der Waals surface area contributed by atoms with Crippen LogP contribution >= 0.6 is 23.2 Å². The molecule has 0 saturated carbocycles. The van der Waals surface area contributed by atoms with Gasteiger partial charge in [0.25, 0.3) is 0 Å². The lowest BCUT2D eigenvalue weighted by molar-refractivity contribution is 0.585. The Balaban J connectivity index is 2.31. The number of nitrogens with two attached hydrogens (primary N) is 1. The van der Waals surface area contributed by atoms with Gasteiger partial charge in [-0.3, -0.25) is 0 Å². The Hall–Kier alpha value is -0.750. The molecule has 1 aliphatic rings. The normalized spacial score (nSPS) is 16.3. The fourth-order valence-electron chi connectivity index (χ4n) is 1.66. The van der Waals surface area contributed by atoms with Crippen LogP contribution in [-0.4, -0.2) is 31.2 Å². The molecule has 1 aliphatic heterocycles. The first kappa shape index (κ1) is 11.7. The first-order valence-corrected chi connectivity index (χ1v) is 5.76. The average molecular weight is 262 g/mol. The number of anilines is 2. The molecule has 5 nitrogen and oxygen atoms in total. The van der Waals surface area contributed by atoms with Gasteiger partial charge in [-0.25, -0.2) is 10.8 Å². The quantitative estimate of drug-likeness (QED) is 0.550. The molecule has 16 heavy (non-hydrogen) atoms. The Kier molecular flexibility index (Phi) is 3.70. The van der Waals surface area contributed by atoms with Crippen molar-refractivity contribution >= 4 is 34.8 Å². The Bertz CT molecular complexity index is 378. The van der Waals surface area contributed by atoms with Crippen LogP contribution in [0.3, 0.4) is 0 Å². The Morgan fingerprint density at radius 2 is 2.00 bits per heavy atom. The van der Waals surface area contributed by atoms with E-state index in [4.69, 9.17) is 29.0 Å². The number of halogens is 2. The van der Waals surface area contributed by atoms with E-state index in [1.54, 1.807) is 6.07 Å². The van der Waals surface area contributed by atoms with E-state index in [9.17, 15) is 0 Å². The van der Waals surface area contributed by atoms with E-state index in [1.807, 2.05) is 0 Å². The van der Waals surface area contributed by atoms with Crippen molar-refractivity contribution in [2.75, 3.05) is 36.5 Å². The summed E-state index contributed by atoms with van der Waals surface area (Å²) in [4.78, 5) is 6.42. The van der Waals surface area contributed by atoms with Crippen molar-refractivity contribution in [2.45, 2.75) is 0 Å². The molecule has 0 bridgehead atoms. The standard InChI is InChI=1S/C9H13Cl2N5/c10-6-5-7(11)9(14-8(6)15-12)16-3-1-13-2-4-16/h5,13H,1-4,12H2,(H,14,15). The number of rotatable bonds is 2. The number of piperazine rings is 1. The second kappa shape index (κ2) is 5.05. The summed E-state index contributed by atoms with van der Waals surface area (Å²) in [6, 6.07) is 1.66. The smallest absolute Gasteiger partial charge is 0.161 e. The van der Waals surface area contributed by atoms with Crippen LogP contribution in [0.4, 0.5) is 11.6 Å². The topological polar surface area (TPSA) is 66.2 Å². The Morgan fingerprint density at radius 3 is 2.62 bits per heavy atom. The molecule has 2 rings (SSSR count). The predicted molar refractivity (Wildman–Crippen MR) is 67.1 cm³/mol. The molecule has 4 N–H and O–H groups in total. The zero-order valence-corrected chi connectivity index (χ0v) is 10.1. The van der Waals surface area contributed by atoms with Crippen LogP contribution in [0.2, 0.25) is 10.0 Å². The second-order valence-electron chi connectivity index (χ2n) is 3.51. The minimum absolute atomic E-state index is 0.423. The molecule has 1 fully saturated rings.